The van der Waals surface area contributed by atoms with E-state index in [0.29, 0.717) is 13.1 Å². The van der Waals surface area contributed by atoms with Gasteiger partial charge in [-0.3, -0.25) is 4.21 Å². The Morgan fingerprint density at radius 2 is 2.25 bits per heavy atom. The molecule has 0 aromatic heterocycles. The van der Waals surface area contributed by atoms with Crippen LogP contribution in [0.25, 0.3) is 0 Å². The summed E-state index contributed by atoms with van der Waals surface area (Å²) in [6.45, 7) is 5.10. The molecule has 1 fully saturated rings. The summed E-state index contributed by atoms with van der Waals surface area (Å²) in [6.07, 6.45) is 0.0793. The third kappa shape index (κ3) is 2.52. The first kappa shape index (κ1) is 10.1. The Labute approximate surface area is 75.0 Å². The fourth-order valence-corrected chi connectivity index (χ4v) is 2.04. The van der Waals surface area contributed by atoms with Gasteiger partial charge in [-0.15, -0.1) is 0 Å². The van der Waals surface area contributed by atoms with Crippen LogP contribution in [0.5, 0.6) is 0 Å². The molecule has 1 aliphatic rings. The number of rotatable bonds is 4. The van der Waals surface area contributed by atoms with Gasteiger partial charge >= 0.3 is 0 Å². The molecule has 0 spiro atoms. The van der Waals surface area contributed by atoms with Gasteiger partial charge in [0.2, 0.25) is 0 Å². The average molecular weight is 192 g/mol. The number of ether oxygens (including phenoxy) is 1. The second-order valence-corrected chi connectivity index (χ2v) is 4.30. The van der Waals surface area contributed by atoms with E-state index in [-0.39, 0.29) is 11.9 Å². The van der Waals surface area contributed by atoms with Gasteiger partial charge < -0.3 is 14.6 Å². The average Bonchev–Trinajstić information content (AvgIpc) is 1.80. The Morgan fingerprint density at radius 1 is 1.67 bits per heavy atom. The highest BCUT2D eigenvalue weighted by Gasteiger charge is 2.38. The minimum absolute atomic E-state index is 0.0793. The molecule has 1 unspecified atom stereocenters. The molecule has 12 heavy (non-hydrogen) atoms. The summed E-state index contributed by atoms with van der Waals surface area (Å²) in [5.74, 6) is 0.0954. The fraction of sp³-hybridized carbons (Fsp3) is 1.00. The minimum atomic E-state index is -2.02. The van der Waals surface area contributed by atoms with Crippen molar-refractivity contribution in [2.45, 2.75) is 25.6 Å². The second-order valence-electron chi connectivity index (χ2n) is 3.40. The Bertz CT molecular complexity index is 179. The van der Waals surface area contributed by atoms with Gasteiger partial charge in [0, 0.05) is 18.8 Å². The summed E-state index contributed by atoms with van der Waals surface area (Å²) < 4.78 is 26.5. The Morgan fingerprint density at radius 3 is 2.50 bits per heavy atom. The maximum absolute atomic E-state index is 10.5. The van der Waals surface area contributed by atoms with Crippen LogP contribution in [0.1, 0.15) is 13.8 Å². The van der Waals surface area contributed by atoms with Crippen LogP contribution in [-0.2, 0) is 15.8 Å². The summed E-state index contributed by atoms with van der Waals surface area (Å²) in [5, 5.41) is 3.01. The van der Waals surface area contributed by atoms with Crippen LogP contribution in [0.2, 0.25) is 0 Å². The van der Waals surface area contributed by atoms with Gasteiger partial charge in [-0.05, 0) is 13.8 Å². The highest BCUT2D eigenvalue weighted by Crippen LogP contribution is 2.19. The van der Waals surface area contributed by atoms with Crippen LogP contribution in [0.15, 0.2) is 0 Å². The molecule has 0 saturated carbocycles. The molecule has 72 valence electrons. The second kappa shape index (κ2) is 3.83. The van der Waals surface area contributed by atoms with Crippen LogP contribution >= 0.6 is 0 Å². The Hall–Kier alpha value is 0.0300. The summed E-state index contributed by atoms with van der Waals surface area (Å²) in [5.41, 5.74) is -0.458. The van der Waals surface area contributed by atoms with Crippen molar-refractivity contribution in [2.24, 2.45) is 0 Å². The quantitative estimate of drug-likeness (QED) is 0.617. The first-order valence-corrected chi connectivity index (χ1v) is 5.23. The van der Waals surface area contributed by atoms with Gasteiger partial charge in [-0.1, -0.05) is 11.1 Å². The van der Waals surface area contributed by atoms with E-state index in [1.807, 2.05) is 13.8 Å². The molecule has 0 bridgehead atoms. The first-order valence-electron chi connectivity index (χ1n) is 3.98. The zero-order valence-corrected chi connectivity index (χ0v) is 8.15. The number of nitrogens with one attached hydrogen (secondary N) is 1. The molecule has 1 atom stereocenters. The molecule has 0 aromatic carbocycles. The summed E-state index contributed by atoms with van der Waals surface area (Å²) in [6, 6.07) is 0. The molecule has 5 heteroatoms. The Balaban J connectivity index is 2.45. The Kier molecular flexibility index (Phi) is 3.22. The summed E-state index contributed by atoms with van der Waals surface area (Å²) in [7, 11) is 0. The minimum Gasteiger partial charge on any atom is -0.772 e. The van der Waals surface area contributed by atoms with E-state index in [0.717, 1.165) is 0 Å². The van der Waals surface area contributed by atoms with Gasteiger partial charge in [-0.2, -0.15) is 0 Å². The maximum Gasteiger partial charge on any atom is 0.104 e. The molecule has 0 aromatic rings. The van der Waals surface area contributed by atoms with Crippen molar-refractivity contribution < 1.29 is 13.5 Å². The van der Waals surface area contributed by atoms with E-state index in [1.165, 1.54) is 0 Å². The molecule has 1 heterocycles. The monoisotopic (exact) mass is 192 g/mol. The van der Waals surface area contributed by atoms with E-state index in [4.69, 9.17) is 4.74 Å². The summed E-state index contributed by atoms with van der Waals surface area (Å²) >= 11 is -2.02. The molecule has 1 N–H and O–H groups in total. The van der Waals surface area contributed by atoms with E-state index < -0.39 is 16.7 Å². The molecule has 0 amide bonds. The van der Waals surface area contributed by atoms with Gasteiger partial charge in [0.05, 0.1) is 6.10 Å². The highest BCUT2D eigenvalue weighted by molar-refractivity contribution is 7.79. The maximum atomic E-state index is 10.5. The lowest BCUT2D eigenvalue weighted by molar-refractivity contribution is -0.0951. The van der Waals surface area contributed by atoms with E-state index in [1.54, 1.807) is 0 Å². The lowest BCUT2D eigenvalue weighted by Crippen LogP contribution is -2.64. The zero-order valence-electron chi connectivity index (χ0n) is 7.33. The van der Waals surface area contributed by atoms with Gasteiger partial charge in [0.15, 0.2) is 0 Å². The number of hydrogen-bond donors (Lipinski definition) is 1. The molecular formula is C7H14NO3S-. The van der Waals surface area contributed by atoms with Crippen LogP contribution < -0.4 is 5.32 Å². The lowest BCUT2D eigenvalue weighted by atomic mass is 9.99. The van der Waals surface area contributed by atoms with E-state index in [2.05, 4.69) is 5.32 Å². The molecular weight excluding hydrogens is 178 g/mol. The van der Waals surface area contributed by atoms with E-state index >= 15 is 0 Å². The summed E-state index contributed by atoms with van der Waals surface area (Å²) in [4.78, 5) is 0. The molecule has 4 nitrogen and oxygen atoms in total. The van der Waals surface area contributed by atoms with Crippen molar-refractivity contribution in [2.75, 3.05) is 18.8 Å². The zero-order chi connectivity index (χ0) is 9.19. The van der Waals surface area contributed by atoms with Gasteiger partial charge in [-0.25, -0.2) is 0 Å². The normalized spacial score (nSPS) is 23.7. The largest absolute Gasteiger partial charge is 0.772 e. The fourth-order valence-electron chi connectivity index (χ4n) is 1.34. The standard InChI is InChI=1S/C7H15NO3S/c1-6(2)11-7(3-8-4-7)5-12(9)10/h6,8H,3-5H2,1-2H3,(H,9,10)/p-1. The van der Waals surface area contributed by atoms with Crippen molar-refractivity contribution in [3.8, 4) is 0 Å². The molecule has 1 rings (SSSR count). The molecule has 0 radical (unpaired) electrons. The molecule has 1 aliphatic heterocycles. The number of hydrogen-bond acceptors (Lipinski definition) is 4. The molecule has 0 aliphatic carbocycles. The van der Waals surface area contributed by atoms with Crippen LogP contribution in [-0.4, -0.2) is 39.3 Å². The topological polar surface area (TPSA) is 61.4 Å². The van der Waals surface area contributed by atoms with Crippen molar-refractivity contribution in [1.82, 2.24) is 5.32 Å². The predicted molar refractivity (Wildman–Crippen MR) is 45.6 cm³/mol. The van der Waals surface area contributed by atoms with Gasteiger partial charge in [0.25, 0.3) is 0 Å². The third-order valence-electron chi connectivity index (χ3n) is 1.76. The van der Waals surface area contributed by atoms with Crippen molar-refractivity contribution >= 4 is 11.1 Å². The predicted octanol–water partition coefficient (Wildman–Crippen LogP) is -0.367. The molecule has 1 saturated heterocycles. The SMILES string of the molecule is CC(C)OC1(CS(=O)[O-])CNC1. The van der Waals surface area contributed by atoms with E-state index in [9.17, 15) is 8.76 Å². The first-order chi connectivity index (χ1) is 5.54. The smallest absolute Gasteiger partial charge is 0.104 e. The highest BCUT2D eigenvalue weighted by atomic mass is 32.2. The lowest BCUT2D eigenvalue weighted by Gasteiger charge is -2.44. The van der Waals surface area contributed by atoms with Crippen LogP contribution in [0.3, 0.4) is 0 Å². The van der Waals surface area contributed by atoms with Crippen molar-refractivity contribution in [1.29, 1.82) is 0 Å². The van der Waals surface area contributed by atoms with Crippen LogP contribution in [0, 0.1) is 0 Å². The third-order valence-corrected chi connectivity index (χ3v) is 2.52. The van der Waals surface area contributed by atoms with Crippen molar-refractivity contribution in [3.63, 3.8) is 0 Å². The van der Waals surface area contributed by atoms with Gasteiger partial charge in [0.1, 0.15) is 5.60 Å². The van der Waals surface area contributed by atoms with Crippen LogP contribution in [0.4, 0.5) is 0 Å². The van der Waals surface area contributed by atoms with Crippen molar-refractivity contribution in [3.05, 3.63) is 0 Å².